The number of carbonyl (C=O) groups excluding carboxylic acids is 1. The number of para-hydroxylation sites is 1. The summed E-state index contributed by atoms with van der Waals surface area (Å²) in [7, 11) is 1.64. The molecular weight excluding hydrogens is 448 g/mol. The van der Waals surface area contributed by atoms with Crippen LogP contribution in [0.1, 0.15) is 40.1 Å². The topological polar surface area (TPSA) is 42.0 Å². The van der Waals surface area contributed by atoms with Crippen LogP contribution in [0, 0.1) is 6.92 Å². The Morgan fingerprint density at radius 2 is 1.56 bits per heavy atom. The highest BCUT2D eigenvalue weighted by molar-refractivity contribution is 6.12. The van der Waals surface area contributed by atoms with E-state index in [1.54, 1.807) is 7.11 Å². The van der Waals surface area contributed by atoms with Gasteiger partial charge in [0.1, 0.15) is 6.17 Å². The van der Waals surface area contributed by atoms with Gasteiger partial charge in [0.05, 0.1) is 25.0 Å². The van der Waals surface area contributed by atoms with Crippen molar-refractivity contribution >= 4 is 17.3 Å². The van der Waals surface area contributed by atoms with E-state index in [1.807, 2.05) is 104 Å². The first kappa shape index (κ1) is 23.5. The number of nitrogens with zero attached hydrogens (tertiary/aromatic N) is 2. The number of ether oxygens (including phenoxy) is 2. The number of benzene rings is 4. The third-order valence-electron chi connectivity index (χ3n) is 6.50. The number of amides is 1. The fourth-order valence-electron chi connectivity index (χ4n) is 4.78. The van der Waals surface area contributed by atoms with Crippen LogP contribution in [0.4, 0.5) is 11.4 Å². The minimum absolute atomic E-state index is 0.0309. The average molecular weight is 479 g/mol. The molecule has 1 amide bonds. The van der Waals surface area contributed by atoms with Crippen LogP contribution in [0.5, 0.6) is 11.5 Å². The van der Waals surface area contributed by atoms with Crippen molar-refractivity contribution in [2.75, 3.05) is 23.5 Å². The maximum Gasteiger partial charge on any atom is 0.262 e. The van der Waals surface area contributed by atoms with Crippen molar-refractivity contribution in [3.63, 3.8) is 0 Å². The smallest absolute Gasteiger partial charge is 0.262 e. The highest BCUT2D eigenvalue weighted by Crippen LogP contribution is 2.44. The molecule has 1 aliphatic heterocycles. The summed E-state index contributed by atoms with van der Waals surface area (Å²) in [5.41, 5.74) is 5.68. The molecule has 1 atom stereocenters. The molecule has 0 saturated carbocycles. The number of methoxy groups -OCH3 is 1. The number of fused-ring (bicyclic) bond motifs is 1. The zero-order chi connectivity index (χ0) is 25.1. The number of anilines is 2. The zero-order valence-corrected chi connectivity index (χ0v) is 20.8. The normalized spacial score (nSPS) is 15.0. The Labute approximate surface area is 212 Å². The highest BCUT2D eigenvalue weighted by Gasteiger charge is 2.39. The van der Waals surface area contributed by atoms with Gasteiger partial charge in [0.25, 0.3) is 5.91 Å². The summed E-state index contributed by atoms with van der Waals surface area (Å²) >= 11 is 0. The maximum absolute atomic E-state index is 14.1. The van der Waals surface area contributed by atoms with Crippen molar-refractivity contribution < 1.29 is 14.3 Å². The molecule has 5 heteroatoms. The van der Waals surface area contributed by atoms with Crippen molar-refractivity contribution in [1.29, 1.82) is 0 Å². The summed E-state index contributed by atoms with van der Waals surface area (Å²) in [6.45, 7) is 5.17. The summed E-state index contributed by atoms with van der Waals surface area (Å²) in [4.78, 5) is 18.2. The average Bonchev–Trinajstić information content (AvgIpc) is 2.92. The van der Waals surface area contributed by atoms with E-state index in [9.17, 15) is 4.79 Å². The molecule has 4 aromatic carbocycles. The molecule has 0 aliphatic carbocycles. The van der Waals surface area contributed by atoms with E-state index < -0.39 is 0 Å². The van der Waals surface area contributed by atoms with Gasteiger partial charge in [-0.25, -0.2) is 0 Å². The fourth-order valence-corrected chi connectivity index (χ4v) is 4.78. The molecule has 5 rings (SSSR count). The van der Waals surface area contributed by atoms with Crippen LogP contribution in [-0.2, 0) is 6.54 Å². The fraction of sp³-hybridized carbons (Fsp3) is 0.194. The van der Waals surface area contributed by atoms with E-state index in [-0.39, 0.29) is 12.1 Å². The number of carbonyl (C=O) groups is 1. The quantitative estimate of drug-likeness (QED) is 0.294. The second-order valence-corrected chi connectivity index (χ2v) is 8.86. The SMILES string of the molecule is CCOc1ccc([C@H]2N(Cc3ccccc3)c3ccccc3C(=O)N2c2ccc(C)cc2)cc1OC. The van der Waals surface area contributed by atoms with E-state index in [2.05, 4.69) is 17.0 Å². The van der Waals surface area contributed by atoms with Crippen molar-refractivity contribution in [2.45, 2.75) is 26.6 Å². The lowest BCUT2D eigenvalue weighted by molar-refractivity contribution is 0.0968. The molecule has 36 heavy (non-hydrogen) atoms. The maximum atomic E-state index is 14.1. The van der Waals surface area contributed by atoms with Crippen LogP contribution in [0.25, 0.3) is 0 Å². The molecule has 1 aliphatic rings. The van der Waals surface area contributed by atoms with Gasteiger partial charge >= 0.3 is 0 Å². The molecule has 0 fully saturated rings. The molecule has 0 N–H and O–H groups in total. The molecule has 0 radical (unpaired) electrons. The molecule has 0 bridgehead atoms. The van der Waals surface area contributed by atoms with Crippen molar-refractivity contribution in [3.8, 4) is 11.5 Å². The Hall–Kier alpha value is -4.25. The Morgan fingerprint density at radius 3 is 2.28 bits per heavy atom. The Bertz CT molecular complexity index is 1350. The lowest BCUT2D eigenvalue weighted by Crippen LogP contribution is -2.49. The molecule has 0 saturated heterocycles. The molecule has 5 nitrogen and oxygen atoms in total. The second kappa shape index (κ2) is 10.2. The first-order valence-corrected chi connectivity index (χ1v) is 12.2. The van der Waals surface area contributed by atoms with Gasteiger partial charge in [0.2, 0.25) is 0 Å². The second-order valence-electron chi connectivity index (χ2n) is 8.86. The molecule has 4 aromatic rings. The Morgan fingerprint density at radius 1 is 0.833 bits per heavy atom. The summed E-state index contributed by atoms with van der Waals surface area (Å²) in [6.07, 6.45) is -0.389. The van der Waals surface area contributed by atoms with E-state index in [1.165, 1.54) is 0 Å². The number of rotatable bonds is 7. The largest absolute Gasteiger partial charge is 0.493 e. The summed E-state index contributed by atoms with van der Waals surface area (Å²) in [5, 5.41) is 0. The van der Waals surface area contributed by atoms with Crippen LogP contribution < -0.4 is 19.3 Å². The van der Waals surface area contributed by atoms with E-state index >= 15 is 0 Å². The van der Waals surface area contributed by atoms with Gasteiger partial charge in [-0.3, -0.25) is 9.69 Å². The first-order chi connectivity index (χ1) is 17.6. The lowest BCUT2D eigenvalue weighted by atomic mass is 9.98. The van der Waals surface area contributed by atoms with Crippen LogP contribution in [0.15, 0.2) is 97.1 Å². The monoisotopic (exact) mass is 478 g/mol. The first-order valence-electron chi connectivity index (χ1n) is 12.2. The van der Waals surface area contributed by atoms with Crippen molar-refractivity contribution in [3.05, 3.63) is 119 Å². The van der Waals surface area contributed by atoms with Gasteiger partial charge in [0, 0.05) is 12.2 Å². The minimum Gasteiger partial charge on any atom is -0.493 e. The van der Waals surface area contributed by atoms with E-state index in [4.69, 9.17) is 9.47 Å². The van der Waals surface area contributed by atoms with Crippen molar-refractivity contribution in [2.24, 2.45) is 0 Å². The van der Waals surface area contributed by atoms with Gasteiger partial charge in [-0.1, -0.05) is 66.2 Å². The van der Waals surface area contributed by atoms with Gasteiger partial charge in [-0.15, -0.1) is 0 Å². The standard InChI is InChI=1S/C31H30N2O3/c1-4-36-28-19-16-24(20-29(28)35-3)30-32(21-23-10-6-5-7-11-23)27-13-9-8-12-26(27)31(34)33(30)25-17-14-22(2)15-18-25/h5-20,30H,4,21H2,1-3H3/t30-/m0/s1. The summed E-state index contributed by atoms with van der Waals surface area (Å²) in [5.74, 6) is 1.29. The van der Waals surface area contributed by atoms with Gasteiger partial charge in [0.15, 0.2) is 11.5 Å². The van der Waals surface area contributed by atoms with Crippen molar-refractivity contribution in [1.82, 2.24) is 0 Å². The Kier molecular flexibility index (Phi) is 6.63. The third-order valence-corrected chi connectivity index (χ3v) is 6.50. The molecule has 0 unspecified atom stereocenters. The summed E-state index contributed by atoms with van der Waals surface area (Å²) < 4.78 is 11.5. The lowest BCUT2D eigenvalue weighted by Gasteiger charge is -2.46. The molecule has 182 valence electrons. The van der Waals surface area contributed by atoms with Crippen LogP contribution >= 0.6 is 0 Å². The molecule has 1 heterocycles. The van der Waals surface area contributed by atoms with E-state index in [0.717, 1.165) is 28.1 Å². The van der Waals surface area contributed by atoms with E-state index in [0.29, 0.717) is 30.2 Å². The highest BCUT2D eigenvalue weighted by atomic mass is 16.5. The van der Waals surface area contributed by atoms with Gasteiger partial charge in [-0.2, -0.15) is 0 Å². The third kappa shape index (κ3) is 4.40. The number of aryl methyl sites for hydroxylation is 1. The van der Waals surface area contributed by atoms with Crippen LogP contribution in [0.3, 0.4) is 0 Å². The zero-order valence-electron chi connectivity index (χ0n) is 20.8. The van der Waals surface area contributed by atoms with Gasteiger partial charge in [-0.05, 0) is 61.4 Å². The molecule has 0 spiro atoms. The van der Waals surface area contributed by atoms with Gasteiger partial charge < -0.3 is 14.4 Å². The van der Waals surface area contributed by atoms with Crippen LogP contribution in [-0.4, -0.2) is 19.6 Å². The Balaban J connectivity index is 1.72. The molecular formula is C31H30N2O3. The summed E-state index contributed by atoms with van der Waals surface area (Å²) in [6, 6.07) is 32.2. The predicted molar refractivity (Wildman–Crippen MR) is 144 cm³/mol. The minimum atomic E-state index is -0.389. The number of hydrogen-bond donors (Lipinski definition) is 0. The predicted octanol–water partition coefficient (Wildman–Crippen LogP) is 6.77. The van der Waals surface area contributed by atoms with Crippen LogP contribution in [0.2, 0.25) is 0 Å². The molecule has 0 aromatic heterocycles. The number of hydrogen-bond acceptors (Lipinski definition) is 4.